The van der Waals surface area contributed by atoms with Gasteiger partial charge in [-0.05, 0) is 17.7 Å². The normalized spacial score (nSPS) is 19.4. The smallest absolute Gasteiger partial charge is 0.253 e. The van der Waals surface area contributed by atoms with Gasteiger partial charge in [0, 0.05) is 30.1 Å². The number of rotatable bonds is 0. The molecular formula is C10H10ClF2N. The number of fused-ring (bicyclic) bond motifs is 1. The number of hydrogen-bond acceptors (Lipinski definition) is 1. The van der Waals surface area contributed by atoms with E-state index in [0.717, 1.165) is 5.69 Å². The molecule has 1 aromatic carbocycles. The van der Waals surface area contributed by atoms with Crippen LogP contribution >= 0.6 is 11.6 Å². The van der Waals surface area contributed by atoms with Crippen LogP contribution in [-0.2, 0) is 6.42 Å². The molecule has 0 fully saturated rings. The zero-order valence-electron chi connectivity index (χ0n) is 7.49. The third-order valence-electron chi connectivity index (χ3n) is 2.36. The van der Waals surface area contributed by atoms with Crippen molar-refractivity contribution in [2.75, 3.05) is 11.9 Å². The summed E-state index contributed by atoms with van der Waals surface area (Å²) in [5, 5.41) is 3.37. The summed E-state index contributed by atoms with van der Waals surface area (Å²) in [6.45, 7) is 0.292. The van der Waals surface area contributed by atoms with Crippen molar-refractivity contribution in [2.45, 2.75) is 18.8 Å². The fourth-order valence-electron chi connectivity index (χ4n) is 1.63. The summed E-state index contributed by atoms with van der Waals surface area (Å²) in [7, 11) is 0. The molecule has 1 nitrogen and oxygen atoms in total. The van der Waals surface area contributed by atoms with Crippen LogP contribution in [0.25, 0.3) is 0 Å². The molecule has 1 aliphatic heterocycles. The number of hydrogen-bond donors (Lipinski definition) is 1. The molecule has 0 radical (unpaired) electrons. The molecule has 1 aliphatic rings. The summed E-state index contributed by atoms with van der Waals surface area (Å²) < 4.78 is 26.4. The molecule has 0 saturated carbocycles. The van der Waals surface area contributed by atoms with E-state index >= 15 is 0 Å². The summed E-state index contributed by atoms with van der Waals surface area (Å²) >= 11 is 5.87. The number of anilines is 1. The van der Waals surface area contributed by atoms with E-state index in [1.54, 1.807) is 18.2 Å². The van der Waals surface area contributed by atoms with Gasteiger partial charge in [-0.25, -0.2) is 8.78 Å². The molecule has 0 saturated heterocycles. The van der Waals surface area contributed by atoms with Gasteiger partial charge in [0.1, 0.15) is 0 Å². The lowest BCUT2D eigenvalue weighted by Crippen LogP contribution is -2.20. The molecular weight excluding hydrogens is 208 g/mol. The summed E-state index contributed by atoms with van der Waals surface area (Å²) in [4.78, 5) is 0. The Morgan fingerprint density at radius 1 is 1.36 bits per heavy atom. The molecule has 1 aromatic rings. The second kappa shape index (κ2) is 3.39. The first-order valence-electron chi connectivity index (χ1n) is 4.48. The van der Waals surface area contributed by atoms with Crippen LogP contribution in [0.5, 0.6) is 0 Å². The predicted molar refractivity (Wildman–Crippen MR) is 53.2 cm³/mol. The zero-order valence-corrected chi connectivity index (χ0v) is 8.24. The van der Waals surface area contributed by atoms with Crippen molar-refractivity contribution in [3.63, 3.8) is 0 Å². The van der Waals surface area contributed by atoms with Crippen molar-refractivity contribution in [3.05, 3.63) is 28.8 Å². The van der Waals surface area contributed by atoms with Gasteiger partial charge >= 0.3 is 0 Å². The molecule has 0 aromatic heterocycles. The monoisotopic (exact) mass is 217 g/mol. The Labute approximate surface area is 86.1 Å². The average molecular weight is 218 g/mol. The van der Waals surface area contributed by atoms with Gasteiger partial charge in [-0.3, -0.25) is 0 Å². The molecule has 0 unspecified atom stereocenters. The van der Waals surface area contributed by atoms with E-state index in [1.807, 2.05) is 0 Å². The van der Waals surface area contributed by atoms with Crippen LogP contribution in [-0.4, -0.2) is 12.5 Å². The maximum Gasteiger partial charge on any atom is 0.253 e. The molecule has 0 bridgehead atoms. The van der Waals surface area contributed by atoms with Gasteiger partial charge in [-0.2, -0.15) is 0 Å². The van der Waals surface area contributed by atoms with Crippen LogP contribution in [0, 0.1) is 0 Å². The van der Waals surface area contributed by atoms with Crippen LogP contribution < -0.4 is 5.32 Å². The predicted octanol–water partition coefficient (Wildman–Crippen LogP) is 3.33. The van der Waals surface area contributed by atoms with E-state index < -0.39 is 5.92 Å². The summed E-state index contributed by atoms with van der Waals surface area (Å²) in [5.41, 5.74) is 1.26. The van der Waals surface area contributed by atoms with Gasteiger partial charge in [-0.1, -0.05) is 17.7 Å². The van der Waals surface area contributed by atoms with Gasteiger partial charge in [0.25, 0.3) is 5.92 Å². The second-order valence-electron chi connectivity index (χ2n) is 3.48. The molecule has 0 atom stereocenters. The molecule has 1 N–H and O–H groups in total. The quantitative estimate of drug-likeness (QED) is 0.703. The largest absolute Gasteiger partial charge is 0.385 e. The third kappa shape index (κ3) is 1.82. The van der Waals surface area contributed by atoms with Gasteiger partial charge in [-0.15, -0.1) is 0 Å². The number of halogens is 3. The molecule has 14 heavy (non-hydrogen) atoms. The Morgan fingerprint density at radius 3 is 2.93 bits per heavy atom. The minimum absolute atomic E-state index is 0.141. The SMILES string of the molecule is FC1(F)CCNc2cccc(Cl)c2C1. The Bertz CT molecular complexity index is 352. The Kier molecular flexibility index (Phi) is 2.35. The minimum atomic E-state index is -2.65. The Morgan fingerprint density at radius 2 is 2.14 bits per heavy atom. The van der Waals surface area contributed by atoms with Crippen LogP contribution in [0.1, 0.15) is 12.0 Å². The van der Waals surface area contributed by atoms with Crippen molar-refractivity contribution in [1.29, 1.82) is 0 Å². The summed E-state index contributed by atoms with van der Waals surface area (Å²) in [6.07, 6.45) is -0.410. The third-order valence-corrected chi connectivity index (χ3v) is 2.71. The standard InChI is InChI=1S/C10H10ClF2N/c11-8-2-1-3-9-7(8)6-10(12,13)4-5-14-9/h1-3,14H,4-6H2. The lowest BCUT2D eigenvalue weighted by molar-refractivity contribution is -0.00193. The summed E-state index contributed by atoms with van der Waals surface area (Å²) in [5.74, 6) is -2.65. The molecule has 0 spiro atoms. The topological polar surface area (TPSA) is 12.0 Å². The highest BCUT2D eigenvalue weighted by atomic mass is 35.5. The first-order chi connectivity index (χ1) is 6.58. The molecule has 2 rings (SSSR count). The van der Waals surface area contributed by atoms with E-state index in [9.17, 15) is 8.78 Å². The maximum absolute atomic E-state index is 13.2. The average Bonchev–Trinajstić information content (AvgIpc) is 2.24. The fraction of sp³-hybridized carbons (Fsp3) is 0.400. The molecule has 76 valence electrons. The molecule has 0 aliphatic carbocycles. The Balaban J connectivity index is 2.43. The first kappa shape index (κ1) is 9.71. The number of nitrogens with one attached hydrogen (secondary N) is 1. The van der Waals surface area contributed by atoms with Gasteiger partial charge < -0.3 is 5.32 Å². The van der Waals surface area contributed by atoms with Gasteiger partial charge in [0.05, 0.1) is 0 Å². The highest BCUT2D eigenvalue weighted by molar-refractivity contribution is 6.31. The lowest BCUT2D eigenvalue weighted by atomic mass is 10.1. The van der Waals surface area contributed by atoms with Crippen LogP contribution in [0.3, 0.4) is 0 Å². The maximum atomic E-state index is 13.2. The van der Waals surface area contributed by atoms with E-state index in [-0.39, 0.29) is 12.8 Å². The van der Waals surface area contributed by atoms with Crippen molar-refractivity contribution < 1.29 is 8.78 Å². The van der Waals surface area contributed by atoms with Crippen LogP contribution in [0.15, 0.2) is 18.2 Å². The molecule has 1 heterocycles. The summed E-state index contributed by atoms with van der Waals surface area (Å²) in [6, 6.07) is 5.18. The highest BCUT2D eigenvalue weighted by Crippen LogP contribution is 2.34. The second-order valence-corrected chi connectivity index (χ2v) is 3.88. The van der Waals surface area contributed by atoms with E-state index in [1.165, 1.54) is 0 Å². The molecule has 0 amide bonds. The van der Waals surface area contributed by atoms with Crippen molar-refractivity contribution in [1.82, 2.24) is 0 Å². The lowest BCUT2D eigenvalue weighted by Gasteiger charge is -2.13. The van der Waals surface area contributed by atoms with Crippen molar-refractivity contribution in [3.8, 4) is 0 Å². The van der Waals surface area contributed by atoms with Crippen LogP contribution in [0.2, 0.25) is 5.02 Å². The van der Waals surface area contributed by atoms with Crippen LogP contribution in [0.4, 0.5) is 14.5 Å². The number of alkyl halides is 2. The van der Waals surface area contributed by atoms with E-state index in [4.69, 9.17) is 11.6 Å². The Hall–Kier alpha value is -0.830. The number of benzene rings is 1. The fourth-order valence-corrected chi connectivity index (χ4v) is 1.87. The first-order valence-corrected chi connectivity index (χ1v) is 4.85. The van der Waals surface area contributed by atoms with Crippen molar-refractivity contribution in [2.24, 2.45) is 0 Å². The van der Waals surface area contributed by atoms with Gasteiger partial charge in [0.2, 0.25) is 0 Å². The highest BCUT2D eigenvalue weighted by Gasteiger charge is 2.32. The van der Waals surface area contributed by atoms with Crippen molar-refractivity contribution >= 4 is 17.3 Å². The zero-order chi connectivity index (χ0) is 10.2. The minimum Gasteiger partial charge on any atom is -0.385 e. The van der Waals surface area contributed by atoms with E-state index in [0.29, 0.717) is 17.1 Å². The van der Waals surface area contributed by atoms with Gasteiger partial charge in [0.15, 0.2) is 0 Å². The molecule has 4 heteroatoms. The van der Waals surface area contributed by atoms with E-state index in [2.05, 4.69) is 5.32 Å².